The molecule has 1 saturated heterocycles. The zero-order valence-electron chi connectivity index (χ0n) is 23.3. The van der Waals surface area contributed by atoms with Crippen molar-refractivity contribution in [1.82, 2.24) is 21.3 Å². The first-order valence-corrected chi connectivity index (χ1v) is 13.7. The largest absolute Gasteiger partial charge is 0.465 e. The van der Waals surface area contributed by atoms with E-state index in [4.69, 9.17) is 0 Å². The molecule has 10 nitrogen and oxygen atoms in total. The Morgan fingerprint density at radius 3 is 2.24 bits per heavy atom. The lowest BCUT2D eigenvalue weighted by molar-refractivity contribution is -0.174. The molecule has 0 saturated carbocycles. The number of halogens is 3. The van der Waals surface area contributed by atoms with Gasteiger partial charge in [0.25, 0.3) is 5.78 Å². The number of Topliss-reactive ketones (excluding diaryl/α,β-unsaturated/α-hetero) is 1. The molecule has 1 aliphatic rings. The highest BCUT2D eigenvalue weighted by atomic mass is 19.4. The van der Waals surface area contributed by atoms with Crippen LogP contribution >= 0.6 is 0 Å². The first-order valence-electron chi connectivity index (χ1n) is 13.7. The molecule has 5 N–H and O–H groups in total. The molecule has 42 heavy (non-hydrogen) atoms. The van der Waals surface area contributed by atoms with Gasteiger partial charge in [0.15, 0.2) is 0 Å². The maximum absolute atomic E-state index is 13.4. The average molecular weight is 593 g/mol. The van der Waals surface area contributed by atoms with Gasteiger partial charge in [-0.05, 0) is 47.9 Å². The van der Waals surface area contributed by atoms with E-state index in [0.29, 0.717) is 18.5 Å². The summed E-state index contributed by atoms with van der Waals surface area (Å²) in [5.41, 5.74) is 0.661. The van der Waals surface area contributed by atoms with E-state index in [1.807, 2.05) is 24.3 Å². The molecule has 228 valence electrons. The van der Waals surface area contributed by atoms with Gasteiger partial charge in [0.1, 0.15) is 12.1 Å². The number of alkyl halides is 3. The van der Waals surface area contributed by atoms with Gasteiger partial charge in [0.2, 0.25) is 17.7 Å². The molecule has 0 spiro atoms. The fourth-order valence-electron chi connectivity index (χ4n) is 5.07. The van der Waals surface area contributed by atoms with E-state index in [2.05, 4.69) is 21.3 Å². The topological polar surface area (TPSA) is 154 Å². The first kappa shape index (κ1) is 32.4. The average Bonchev–Trinajstić information content (AvgIpc) is 2.91. The van der Waals surface area contributed by atoms with Gasteiger partial charge >= 0.3 is 12.3 Å². The minimum absolute atomic E-state index is 0.0114. The van der Waals surface area contributed by atoms with Gasteiger partial charge in [-0.2, -0.15) is 13.2 Å². The fraction of sp³-hybridized carbons (Fsp3) is 0.483. The first-order chi connectivity index (χ1) is 19.8. The summed E-state index contributed by atoms with van der Waals surface area (Å²) >= 11 is 0. The Morgan fingerprint density at radius 1 is 0.952 bits per heavy atom. The third kappa shape index (κ3) is 8.92. The van der Waals surface area contributed by atoms with E-state index in [-0.39, 0.29) is 25.2 Å². The molecule has 0 aliphatic carbocycles. The molecule has 2 aromatic carbocycles. The number of benzene rings is 2. The second kappa shape index (κ2) is 14.1. The van der Waals surface area contributed by atoms with E-state index in [1.165, 1.54) is 0 Å². The molecule has 1 heterocycles. The fourth-order valence-corrected chi connectivity index (χ4v) is 5.07. The summed E-state index contributed by atoms with van der Waals surface area (Å²) in [7, 11) is 0. The number of fused-ring (bicyclic) bond motifs is 1. The summed E-state index contributed by atoms with van der Waals surface area (Å²) in [6.07, 6.45) is -6.62. The lowest BCUT2D eigenvalue weighted by atomic mass is 9.89. The van der Waals surface area contributed by atoms with Crippen LogP contribution in [0.15, 0.2) is 42.5 Å². The summed E-state index contributed by atoms with van der Waals surface area (Å²) < 4.78 is 40.3. The molecule has 4 atom stereocenters. The van der Waals surface area contributed by atoms with Crippen LogP contribution in [0.4, 0.5) is 18.0 Å². The van der Waals surface area contributed by atoms with Gasteiger partial charge < -0.3 is 26.4 Å². The lowest BCUT2D eigenvalue weighted by Gasteiger charge is -2.29. The van der Waals surface area contributed by atoms with Crippen LogP contribution in [0.2, 0.25) is 0 Å². The van der Waals surface area contributed by atoms with Crippen LogP contribution in [-0.2, 0) is 25.6 Å². The Morgan fingerprint density at radius 2 is 1.60 bits per heavy atom. The van der Waals surface area contributed by atoms with Crippen molar-refractivity contribution in [3.63, 3.8) is 0 Å². The third-order valence-electron chi connectivity index (χ3n) is 7.09. The second-order valence-corrected chi connectivity index (χ2v) is 10.8. The molecule has 1 fully saturated rings. The smallest absolute Gasteiger partial charge is 0.452 e. The molecule has 4 unspecified atom stereocenters. The van der Waals surface area contributed by atoms with Gasteiger partial charge in [-0.1, -0.05) is 56.3 Å². The minimum Gasteiger partial charge on any atom is -0.465 e. The third-order valence-corrected chi connectivity index (χ3v) is 7.09. The van der Waals surface area contributed by atoms with Crippen molar-refractivity contribution in [2.24, 2.45) is 11.8 Å². The Balaban J connectivity index is 1.83. The number of nitrogens with one attached hydrogen (secondary N) is 4. The number of rotatable bonds is 12. The van der Waals surface area contributed by atoms with Gasteiger partial charge in [0, 0.05) is 18.9 Å². The molecule has 1 aliphatic heterocycles. The number of hydrogen-bond donors (Lipinski definition) is 5. The number of carboxylic acid groups (broad SMARTS) is 1. The molecule has 3 rings (SSSR count). The molecule has 13 heteroatoms. The summed E-state index contributed by atoms with van der Waals surface area (Å²) in [6.45, 7) is 3.81. The number of piperidine rings is 1. The van der Waals surface area contributed by atoms with E-state index in [9.17, 15) is 42.3 Å². The molecule has 4 amide bonds. The molecular weight excluding hydrogens is 557 g/mol. The van der Waals surface area contributed by atoms with E-state index in [0.717, 1.165) is 10.8 Å². The maximum atomic E-state index is 13.4. The van der Waals surface area contributed by atoms with Crippen molar-refractivity contribution in [1.29, 1.82) is 0 Å². The van der Waals surface area contributed by atoms with E-state index < -0.39 is 66.2 Å². The lowest BCUT2D eigenvalue weighted by Crippen LogP contribution is -2.58. The molecule has 0 bridgehead atoms. The zero-order chi connectivity index (χ0) is 31.0. The second-order valence-electron chi connectivity index (χ2n) is 10.8. The Hall–Kier alpha value is -4.16. The predicted octanol–water partition coefficient (Wildman–Crippen LogP) is 3.08. The van der Waals surface area contributed by atoms with Crippen LogP contribution in [0.5, 0.6) is 0 Å². The number of carbonyl (C=O) groups is 5. The normalized spacial score (nSPS) is 17.6. The molecule has 0 aromatic heterocycles. The highest BCUT2D eigenvalue weighted by Gasteiger charge is 2.46. The zero-order valence-corrected chi connectivity index (χ0v) is 23.3. The van der Waals surface area contributed by atoms with E-state index in [1.54, 1.807) is 32.0 Å². The maximum Gasteiger partial charge on any atom is 0.452 e. The molecule has 2 aromatic rings. The Bertz CT molecular complexity index is 1310. The van der Waals surface area contributed by atoms with E-state index >= 15 is 0 Å². The summed E-state index contributed by atoms with van der Waals surface area (Å²) in [5.74, 6) is -5.74. The predicted molar refractivity (Wildman–Crippen MR) is 147 cm³/mol. The molecule has 0 radical (unpaired) electrons. The SMILES string of the molecule is CC(C)CC(NC(=O)C(Cc1cccc2ccccc12)NC(=O)O)C(=O)NC(CC1CCCNC1=O)C(=O)C(F)(F)F. The van der Waals surface area contributed by atoms with Gasteiger partial charge in [0.05, 0.1) is 6.04 Å². The summed E-state index contributed by atoms with van der Waals surface area (Å²) in [4.78, 5) is 62.6. The van der Waals surface area contributed by atoms with Crippen LogP contribution in [0, 0.1) is 11.8 Å². The monoisotopic (exact) mass is 592 g/mol. The summed E-state index contributed by atoms with van der Waals surface area (Å²) in [5, 5.41) is 20.3. The number of amides is 4. The van der Waals surface area contributed by atoms with Crippen molar-refractivity contribution < 1.29 is 42.3 Å². The van der Waals surface area contributed by atoms with Crippen molar-refractivity contribution in [3.05, 3.63) is 48.0 Å². The Kier molecular flexibility index (Phi) is 10.9. The van der Waals surface area contributed by atoms with Crippen molar-refractivity contribution in [3.8, 4) is 0 Å². The van der Waals surface area contributed by atoms with Gasteiger partial charge in [-0.25, -0.2) is 4.79 Å². The van der Waals surface area contributed by atoms with Crippen LogP contribution in [0.1, 0.15) is 45.1 Å². The van der Waals surface area contributed by atoms with Crippen molar-refractivity contribution in [2.75, 3.05) is 6.54 Å². The standard InChI is InChI=1S/C29H35F3N4O6/c1-16(2)13-22(26(39)34-21(24(37)29(30,31)32)15-19-10-6-12-33-25(19)38)35-27(40)23(36-28(41)42)14-18-9-5-8-17-7-3-4-11-20(17)18/h3-5,7-9,11,16,19,21-23,36H,6,10,12-15H2,1-2H3,(H,33,38)(H,34,39)(H,35,40)(H,41,42). The van der Waals surface area contributed by atoms with Crippen molar-refractivity contribution >= 4 is 40.4 Å². The van der Waals surface area contributed by atoms with Gasteiger partial charge in [-0.3, -0.25) is 19.2 Å². The van der Waals surface area contributed by atoms with Crippen LogP contribution < -0.4 is 21.3 Å². The minimum atomic E-state index is -5.27. The quantitative estimate of drug-likeness (QED) is 0.255. The van der Waals surface area contributed by atoms with Crippen LogP contribution in [-0.4, -0.2) is 65.6 Å². The highest BCUT2D eigenvalue weighted by Crippen LogP contribution is 2.25. The van der Waals surface area contributed by atoms with Gasteiger partial charge in [-0.15, -0.1) is 0 Å². The number of ketones is 1. The van der Waals surface area contributed by atoms with Crippen molar-refractivity contribution in [2.45, 2.75) is 70.3 Å². The summed E-state index contributed by atoms with van der Waals surface area (Å²) in [6, 6.07) is 7.89. The Labute approximate surface area is 240 Å². The van der Waals surface area contributed by atoms with Crippen LogP contribution in [0.3, 0.4) is 0 Å². The van der Waals surface area contributed by atoms with Crippen LogP contribution in [0.25, 0.3) is 10.8 Å². The highest BCUT2D eigenvalue weighted by molar-refractivity contribution is 5.96. The molecular formula is C29H35F3N4O6. The number of carbonyl (C=O) groups excluding carboxylic acids is 4. The number of hydrogen-bond acceptors (Lipinski definition) is 5.